The Kier molecular flexibility index (Phi) is 2.81. The Morgan fingerprint density at radius 3 is 2.60 bits per heavy atom. The molecule has 1 aromatic rings. The number of benzene rings is 1. The molecule has 1 heterocycles. The molecule has 0 spiro atoms. The van der Waals surface area contributed by atoms with Gasteiger partial charge < -0.3 is 0 Å². The number of nitrogens with one attached hydrogen (secondary N) is 1. The summed E-state index contributed by atoms with van der Waals surface area (Å²) in [6.07, 6.45) is 2.28. The van der Waals surface area contributed by atoms with Gasteiger partial charge in [0.1, 0.15) is 0 Å². The number of carbonyl (C=O) groups excluding carboxylic acids is 1. The average Bonchev–Trinajstić information content (AvgIpc) is 2.64. The lowest BCUT2D eigenvalue weighted by atomic mass is 10.0. The number of hydrogen-bond acceptors (Lipinski definition) is 2. The zero-order chi connectivity index (χ0) is 10.7. The van der Waals surface area contributed by atoms with E-state index in [0.717, 1.165) is 18.6 Å². The van der Waals surface area contributed by atoms with Crippen LogP contribution in [0.15, 0.2) is 29.4 Å². The molecule has 0 saturated carbocycles. The van der Waals surface area contributed by atoms with Crippen molar-refractivity contribution < 1.29 is 4.79 Å². The summed E-state index contributed by atoms with van der Waals surface area (Å²) >= 11 is 0. The molecule has 1 N–H and O–H groups in total. The van der Waals surface area contributed by atoms with Gasteiger partial charge in [-0.15, -0.1) is 0 Å². The molecule has 0 bridgehead atoms. The fraction of sp³-hybridized carbons (Fsp3) is 0.333. The second kappa shape index (κ2) is 4.26. The molecule has 1 aliphatic rings. The van der Waals surface area contributed by atoms with E-state index >= 15 is 0 Å². The van der Waals surface area contributed by atoms with Crippen LogP contribution >= 0.6 is 0 Å². The van der Waals surface area contributed by atoms with Crippen molar-refractivity contribution in [2.45, 2.75) is 26.2 Å². The first-order chi connectivity index (χ1) is 7.24. The van der Waals surface area contributed by atoms with Gasteiger partial charge in [0.15, 0.2) is 0 Å². The van der Waals surface area contributed by atoms with Crippen LogP contribution in [0.4, 0.5) is 0 Å². The number of rotatable bonds is 3. The number of carbonyl (C=O) groups is 1. The molecule has 3 heteroatoms. The van der Waals surface area contributed by atoms with E-state index in [4.69, 9.17) is 0 Å². The van der Waals surface area contributed by atoms with Gasteiger partial charge in [0.25, 0.3) is 0 Å². The summed E-state index contributed by atoms with van der Waals surface area (Å²) in [5, 5.41) is 3.97. The molecule has 0 saturated heterocycles. The first kappa shape index (κ1) is 9.90. The van der Waals surface area contributed by atoms with Crippen LogP contribution in [0.25, 0.3) is 0 Å². The molecule has 0 aliphatic carbocycles. The molecule has 0 unspecified atom stereocenters. The van der Waals surface area contributed by atoms with E-state index in [-0.39, 0.29) is 5.91 Å². The minimum atomic E-state index is 0.00825. The summed E-state index contributed by atoms with van der Waals surface area (Å²) < 4.78 is 0. The van der Waals surface area contributed by atoms with E-state index in [1.54, 1.807) is 0 Å². The molecule has 0 aromatic heterocycles. The molecule has 1 amide bonds. The minimum Gasteiger partial charge on any atom is -0.273 e. The minimum absolute atomic E-state index is 0.00825. The van der Waals surface area contributed by atoms with E-state index in [1.807, 2.05) is 0 Å². The molecule has 0 atom stereocenters. The molecule has 1 aliphatic heterocycles. The molecule has 0 fully saturated rings. The number of nitrogens with zero attached hydrogens (tertiary/aromatic N) is 1. The van der Waals surface area contributed by atoms with Crippen molar-refractivity contribution in [2.75, 3.05) is 0 Å². The Morgan fingerprint density at radius 1 is 1.27 bits per heavy atom. The highest BCUT2D eigenvalue weighted by Gasteiger charge is 2.13. The zero-order valence-electron chi connectivity index (χ0n) is 8.79. The third-order valence-electron chi connectivity index (χ3n) is 2.53. The maximum absolute atomic E-state index is 10.9. The number of hydrogen-bond donors (Lipinski definition) is 1. The smallest absolute Gasteiger partial charge is 0.245 e. The van der Waals surface area contributed by atoms with Gasteiger partial charge in [-0.1, -0.05) is 29.8 Å². The lowest BCUT2D eigenvalue weighted by Crippen LogP contribution is -2.09. The highest BCUT2D eigenvalue weighted by Crippen LogP contribution is 2.08. The van der Waals surface area contributed by atoms with E-state index in [0.29, 0.717) is 6.42 Å². The summed E-state index contributed by atoms with van der Waals surface area (Å²) in [6.45, 7) is 2.08. The topological polar surface area (TPSA) is 41.5 Å². The van der Waals surface area contributed by atoms with Crippen molar-refractivity contribution >= 4 is 11.6 Å². The predicted octanol–water partition coefficient (Wildman–Crippen LogP) is 1.80. The van der Waals surface area contributed by atoms with Crippen molar-refractivity contribution in [1.82, 2.24) is 5.43 Å². The summed E-state index contributed by atoms with van der Waals surface area (Å²) in [6, 6.07) is 8.46. The lowest BCUT2D eigenvalue weighted by Gasteiger charge is -2.00. The molecular formula is C12H14N2O. The number of hydrazone groups is 1. The van der Waals surface area contributed by atoms with Crippen LogP contribution < -0.4 is 5.43 Å². The summed E-state index contributed by atoms with van der Waals surface area (Å²) in [4.78, 5) is 10.9. The van der Waals surface area contributed by atoms with Gasteiger partial charge in [0, 0.05) is 5.71 Å². The zero-order valence-corrected chi connectivity index (χ0v) is 8.79. The maximum Gasteiger partial charge on any atom is 0.245 e. The average molecular weight is 202 g/mol. The van der Waals surface area contributed by atoms with Crippen LogP contribution in [0.2, 0.25) is 0 Å². The first-order valence-electron chi connectivity index (χ1n) is 5.14. The second-order valence-electron chi connectivity index (χ2n) is 3.88. The van der Waals surface area contributed by atoms with Gasteiger partial charge in [0.05, 0.1) is 6.42 Å². The molecule has 15 heavy (non-hydrogen) atoms. The van der Waals surface area contributed by atoms with Crippen molar-refractivity contribution in [3.63, 3.8) is 0 Å². The normalized spacial score (nSPS) is 15.0. The van der Waals surface area contributed by atoms with Crippen LogP contribution in [0.1, 0.15) is 24.0 Å². The SMILES string of the molecule is Cc1ccc(CCC2=NNC(=O)C2)cc1. The first-order valence-corrected chi connectivity index (χ1v) is 5.14. The lowest BCUT2D eigenvalue weighted by molar-refractivity contribution is -0.119. The van der Waals surface area contributed by atoms with Crippen molar-refractivity contribution in [1.29, 1.82) is 0 Å². The van der Waals surface area contributed by atoms with Gasteiger partial charge in [-0.2, -0.15) is 5.10 Å². The Hall–Kier alpha value is -1.64. The Labute approximate surface area is 89.2 Å². The summed E-state index contributed by atoms with van der Waals surface area (Å²) in [5.41, 5.74) is 5.99. The molecule has 2 rings (SSSR count). The molecule has 78 valence electrons. The van der Waals surface area contributed by atoms with Crippen LogP contribution in [-0.2, 0) is 11.2 Å². The van der Waals surface area contributed by atoms with Gasteiger partial charge >= 0.3 is 0 Å². The van der Waals surface area contributed by atoms with Crippen molar-refractivity contribution in [3.8, 4) is 0 Å². The number of amides is 1. The van der Waals surface area contributed by atoms with E-state index in [9.17, 15) is 4.79 Å². The van der Waals surface area contributed by atoms with Crippen LogP contribution in [0, 0.1) is 6.92 Å². The van der Waals surface area contributed by atoms with Gasteiger partial charge in [0.2, 0.25) is 5.91 Å². The largest absolute Gasteiger partial charge is 0.273 e. The summed E-state index contributed by atoms with van der Waals surface area (Å²) in [5.74, 6) is 0.00825. The molecular weight excluding hydrogens is 188 g/mol. The molecule has 3 nitrogen and oxygen atoms in total. The van der Waals surface area contributed by atoms with Gasteiger partial charge in [-0.25, -0.2) is 5.43 Å². The number of aryl methyl sites for hydroxylation is 2. The fourth-order valence-electron chi connectivity index (χ4n) is 1.59. The third kappa shape index (κ3) is 2.65. The quantitative estimate of drug-likeness (QED) is 0.797. The van der Waals surface area contributed by atoms with Crippen LogP contribution in [-0.4, -0.2) is 11.6 Å². The Morgan fingerprint density at radius 2 is 2.00 bits per heavy atom. The molecule has 0 radical (unpaired) electrons. The monoisotopic (exact) mass is 202 g/mol. The predicted molar refractivity (Wildman–Crippen MR) is 59.7 cm³/mol. The Balaban J connectivity index is 1.88. The standard InChI is InChI=1S/C12H14N2O/c1-9-2-4-10(5-3-9)6-7-11-8-12(15)14-13-11/h2-5H,6-8H2,1H3,(H,14,15). The summed E-state index contributed by atoms with van der Waals surface area (Å²) in [7, 11) is 0. The van der Waals surface area contributed by atoms with E-state index < -0.39 is 0 Å². The highest BCUT2D eigenvalue weighted by molar-refractivity contribution is 6.04. The maximum atomic E-state index is 10.9. The Bertz CT molecular complexity index is 393. The van der Waals surface area contributed by atoms with Gasteiger partial charge in [-0.3, -0.25) is 4.79 Å². The van der Waals surface area contributed by atoms with Gasteiger partial charge in [-0.05, 0) is 25.3 Å². The van der Waals surface area contributed by atoms with Crippen molar-refractivity contribution in [3.05, 3.63) is 35.4 Å². The third-order valence-corrected chi connectivity index (χ3v) is 2.53. The molecule has 1 aromatic carbocycles. The van der Waals surface area contributed by atoms with E-state index in [1.165, 1.54) is 11.1 Å². The van der Waals surface area contributed by atoms with Crippen molar-refractivity contribution in [2.24, 2.45) is 5.10 Å². The van der Waals surface area contributed by atoms with Crippen LogP contribution in [0.5, 0.6) is 0 Å². The highest BCUT2D eigenvalue weighted by atomic mass is 16.2. The van der Waals surface area contributed by atoms with Crippen LogP contribution in [0.3, 0.4) is 0 Å². The fourth-order valence-corrected chi connectivity index (χ4v) is 1.59. The van der Waals surface area contributed by atoms with E-state index in [2.05, 4.69) is 41.7 Å². The second-order valence-corrected chi connectivity index (χ2v) is 3.88.